The third-order valence-corrected chi connectivity index (χ3v) is 4.44. The second-order valence-corrected chi connectivity index (χ2v) is 7.91. The lowest BCUT2D eigenvalue weighted by atomic mass is 9.90. The highest BCUT2D eigenvalue weighted by Crippen LogP contribution is 2.22. The summed E-state index contributed by atoms with van der Waals surface area (Å²) in [6, 6.07) is 0. The second kappa shape index (κ2) is 12.7. The molecule has 0 aliphatic heterocycles. The average molecular weight is 282 g/mol. The minimum absolute atomic E-state index is 0.696. The van der Waals surface area contributed by atoms with Crippen molar-refractivity contribution in [2.75, 3.05) is 0 Å². The van der Waals surface area contributed by atoms with Crippen molar-refractivity contribution in [3.05, 3.63) is 6.92 Å². The van der Waals surface area contributed by atoms with Gasteiger partial charge in [0.1, 0.15) is 0 Å². The van der Waals surface area contributed by atoms with Crippen LogP contribution >= 0.6 is 0 Å². The van der Waals surface area contributed by atoms with Gasteiger partial charge in [0.2, 0.25) is 0 Å². The van der Waals surface area contributed by atoms with Crippen molar-refractivity contribution in [3.8, 4) is 0 Å². The van der Waals surface area contributed by atoms with E-state index in [1.165, 1.54) is 64.2 Å². The molecule has 2 atom stereocenters. The first kappa shape index (κ1) is 20.0. The van der Waals surface area contributed by atoms with Crippen molar-refractivity contribution in [2.24, 2.45) is 23.7 Å². The van der Waals surface area contributed by atoms with Gasteiger partial charge in [-0.05, 0) is 23.7 Å². The summed E-state index contributed by atoms with van der Waals surface area (Å²) in [5.41, 5.74) is 0. The van der Waals surface area contributed by atoms with Gasteiger partial charge in [0.05, 0.1) is 0 Å². The monoisotopic (exact) mass is 281 g/mol. The van der Waals surface area contributed by atoms with Gasteiger partial charge in [-0.2, -0.15) is 0 Å². The molecule has 2 unspecified atom stereocenters. The molecular formula is C20H41. The molecule has 0 saturated carbocycles. The maximum atomic E-state index is 4.35. The molecule has 1 radical (unpaired) electrons. The van der Waals surface area contributed by atoms with Gasteiger partial charge >= 0.3 is 0 Å². The normalized spacial score (nSPS) is 15.0. The Morgan fingerprint density at radius 3 is 1.70 bits per heavy atom. The zero-order chi connectivity index (χ0) is 15.4. The van der Waals surface area contributed by atoms with Crippen molar-refractivity contribution < 1.29 is 0 Å². The standard InChI is InChI=1S/C20H41/c1-17(2)11-8-7-9-13-19(5)15-16-20(6)14-10-12-18(3)4/h17-20H,5,7-16H2,1-4,6H3. The number of hydrogen-bond donors (Lipinski definition) is 0. The van der Waals surface area contributed by atoms with E-state index >= 15 is 0 Å². The first-order valence-electron chi connectivity index (χ1n) is 9.24. The first-order valence-corrected chi connectivity index (χ1v) is 9.24. The van der Waals surface area contributed by atoms with Gasteiger partial charge in [-0.1, -0.05) is 106 Å². The van der Waals surface area contributed by atoms with Crippen LogP contribution in [0.5, 0.6) is 0 Å². The van der Waals surface area contributed by atoms with Crippen LogP contribution in [0.25, 0.3) is 0 Å². The third kappa shape index (κ3) is 14.4. The van der Waals surface area contributed by atoms with Crippen molar-refractivity contribution in [1.29, 1.82) is 0 Å². The van der Waals surface area contributed by atoms with Crippen LogP contribution in [-0.4, -0.2) is 0 Å². The molecule has 0 fully saturated rings. The van der Waals surface area contributed by atoms with Crippen LogP contribution in [-0.2, 0) is 0 Å². The summed E-state index contributed by atoms with van der Waals surface area (Å²) in [5.74, 6) is 3.34. The molecular weight excluding hydrogens is 240 g/mol. The predicted octanol–water partition coefficient (Wildman–Crippen LogP) is 7.29. The van der Waals surface area contributed by atoms with Crippen molar-refractivity contribution in [3.63, 3.8) is 0 Å². The van der Waals surface area contributed by atoms with Gasteiger partial charge in [-0.25, -0.2) is 0 Å². The van der Waals surface area contributed by atoms with Gasteiger partial charge < -0.3 is 0 Å². The number of rotatable bonds is 13. The molecule has 0 nitrogen and oxygen atoms in total. The molecule has 0 aromatic heterocycles. The maximum absolute atomic E-state index is 4.35. The van der Waals surface area contributed by atoms with E-state index in [1.54, 1.807) is 0 Å². The van der Waals surface area contributed by atoms with Crippen molar-refractivity contribution in [1.82, 2.24) is 0 Å². The predicted molar refractivity (Wildman–Crippen MR) is 93.9 cm³/mol. The maximum Gasteiger partial charge on any atom is -0.0414 e. The Morgan fingerprint density at radius 2 is 1.10 bits per heavy atom. The third-order valence-electron chi connectivity index (χ3n) is 4.44. The van der Waals surface area contributed by atoms with Crippen LogP contribution in [0.15, 0.2) is 0 Å². The quantitative estimate of drug-likeness (QED) is 0.311. The van der Waals surface area contributed by atoms with Crippen LogP contribution < -0.4 is 0 Å². The Labute approximate surface area is 130 Å². The number of unbranched alkanes of at least 4 members (excludes halogenated alkanes) is 2. The Hall–Kier alpha value is 0. The number of hydrogen-bond acceptors (Lipinski definition) is 0. The lowest BCUT2D eigenvalue weighted by Crippen LogP contribution is -2.02. The summed E-state index contributed by atoms with van der Waals surface area (Å²) in [7, 11) is 0. The van der Waals surface area contributed by atoms with Crippen LogP contribution in [0.1, 0.15) is 98.8 Å². The second-order valence-electron chi connectivity index (χ2n) is 7.91. The van der Waals surface area contributed by atoms with Gasteiger partial charge in [0.25, 0.3) is 0 Å². The van der Waals surface area contributed by atoms with E-state index < -0.39 is 0 Å². The van der Waals surface area contributed by atoms with Crippen molar-refractivity contribution in [2.45, 2.75) is 98.8 Å². The van der Waals surface area contributed by atoms with Gasteiger partial charge in [-0.3, -0.25) is 0 Å². The molecule has 0 rings (SSSR count). The minimum atomic E-state index is 0.696. The fraction of sp³-hybridized carbons (Fsp3) is 0.950. The van der Waals surface area contributed by atoms with E-state index in [-0.39, 0.29) is 0 Å². The molecule has 0 heteroatoms. The van der Waals surface area contributed by atoms with Crippen LogP contribution in [0, 0.1) is 30.6 Å². The van der Waals surface area contributed by atoms with Crippen molar-refractivity contribution >= 4 is 0 Å². The molecule has 0 aliphatic rings. The Kier molecular flexibility index (Phi) is 12.7. The summed E-state index contributed by atoms with van der Waals surface area (Å²) >= 11 is 0. The zero-order valence-electron chi connectivity index (χ0n) is 15.1. The lowest BCUT2D eigenvalue weighted by Gasteiger charge is -2.16. The summed E-state index contributed by atoms with van der Waals surface area (Å²) in [6.07, 6.45) is 13.9. The van der Waals surface area contributed by atoms with E-state index in [0.717, 1.165) is 17.8 Å². The van der Waals surface area contributed by atoms with Crippen LogP contribution in [0.2, 0.25) is 0 Å². The minimum Gasteiger partial charge on any atom is -0.0628 e. The summed E-state index contributed by atoms with van der Waals surface area (Å²) in [4.78, 5) is 0. The molecule has 0 aliphatic carbocycles. The van der Waals surface area contributed by atoms with E-state index in [1.807, 2.05) is 0 Å². The molecule has 0 aromatic carbocycles. The van der Waals surface area contributed by atoms with Gasteiger partial charge in [0.15, 0.2) is 0 Å². The van der Waals surface area contributed by atoms with E-state index in [0.29, 0.717) is 5.92 Å². The van der Waals surface area contributed by atoms with Gasteiger partial charge in [0, 0.05) is 0 Å². The van der Waals surface area contributed by atoms with Gasteiger partial charge in [-0.15, -0.1) is 0 Å². The lowest BCUT2D eigenvalue weighted by molar-refractivity contribution is 0.387. The SMILES string of the molecule is [CH2]C(CCCCCC(C)C)CCC(C)CCCC(C)C. The molecule has 0 spiro atoms. The molecule has 0 aromatic rings. The summed E-state index contributed by atoms with van der Waals surface area (Å²) in [5, 5.41) is 0. The molecule has 0 bridgehead atoms. The topological polar surface area (TPSA) is 0 Å². The largest absolute Gasteiger partial charge is 0.0628 e. The highest BCUT2D eigenvalue weighted by Gasteiger charge is 2.07. The Balaban J connectivity index is 3.40. The summed E-state index contributed by atoms with van der Waals surface area (Å²) in [6.45, 7) is 16.1. The molecule has 0 heterocycles. The Morgan fingerprint density at radius 1 is 0.550 bits per heavy atom. The molecule has 0 N–H and O–H groups in total. The first-order chi connectivity index (χ1) is 9.41. The highest BCUT2D eigenvalue weighted by atomic mass is 14.1. The van der Waals surface area contributed by atoms with Crippen LogP contribution in [0.4, 0.5) is 0 Å². The van der Waals surface area contributed by atoms with E-state index in [2.05, 4.69) is 41.5 Å². The summed E-state index contributed by atoms with van der Waals surface area (Å²) < 4.78 is 0. The van der Waals surface area contributed by atoms with E-state index in [9.17, 15) is 0 Å². The molecule has 0 amide bonds. The van der Waals surface area contributed by atoms with Crippen LogP contribution in [0.3, 0.4) is 0 Å². The smallest absolute Gasteiger partial charge is 0.0414 e. The molecule has 20 heavy (non-hydrogen) atoms. The highest BCUT2D eigenvalue weighted by molar-refractivity contribution is 4.65. The Bertz CT molecular complexity index is 192. The fourth-order valence-electron chi connectivity index (χ4n) is 2.85. The average Bonchev–Trinajstić information content (AvgIpc) is 2.35. The fourth-order valence-corrected chi connectivity index (χ4v) is 2.85. The molecule has 121 valence electrons. The van der Waals surface area contributed by atoms with E-state index in [4.69, 9.17) is 0 Å². The molecule has 0 saturated heterocycles. The zero-order valence-corrected chi connectivity index (χ0v) is 15.1.